The summed E-state index contributed by atoms with van der Waals surface area (Å²) in [6.07, 6.45) is 4.95. The molecule has 0 bridgehead atoms. The minimum Gasteiger partial charge on any atom is -0.477 e. The highest BCUT2D eigenvalue weighted by Gasteiger charge is 2.15. The first kappa shape index (κ1) is 16.5. The van der Waals surface area contributed by atoms with Crippen molar-refractivity contribution < 1.29 is 9.53 Å². The predicted octanol–water partition coefficient (Wildman–Crippen LogP) is 3.42. The highest BCUT2D eigenvalue weighted by atomic mass is 16.5. The van der Waals surface area contributed by atoms with Crippen molar-refractivity contribution in [3.63, 3.8) is 0 Å². The van der Waals surface area contributed by atoms with Gasteiger partial charge in [0, 0.05) is 12.2 Å². The Hall–Kier alpha value is -1.58. The molecule has 0 saturated heterocycles. The average molecular weight is 278 g/mol. The number of nitrogens with one attached hydrogen (secondary N) is 1. The molecule has 1 atom stereocenters. The molecule has 1 unspecified atom stereocenters. The summed E-state index contributed by atoms with van der Waals surface area (Å²) in [6, 6.07) is 3.66. The first-order valence-electron chi connectivity index (χ1n) is 7.43. The van der Waals surface area contributed by atoms with E-state index in [0.29, 0.717) is 24.0 Å². The van der Waals surface area contributed by atoms with Crippen molar-refractivity contribution in [2.75, 3.05) is 6.61 Å². The smallest absolute Gasteiger partial charge is 0.256 e. The maximum atomic E-state index is 12.2. The number of hydrogen-bond acceptors (Lipinski definition) is 3. The molecule has 0 aliphatic carbocycles. The molecule has 4 nitrogen and oxygen atoms in total. The fraction of sp³-hybridized carbons (Fsp3) is 0.625. The van der Waals surface area contributed by atoms with Crippen LogP contribution in [0.15, 0.2) is 18.3 Å². The van der Waals surface area contributed by atoms with Crippen LogP contribution in [0, 0.1) is 5.92 Å². The zero-order valence-electron chi connectivity index (χ0n) is 13.0. The summed E-state index contributed by atoms with van der Waals surface area (Å²) in [5.41, 5.74) is 0.505. The van der Waals surface area contributed by atoms with Crippen molar-refractivity contribution in [1.29, 1.82) is 0 Å². The van der Waals surface area contributed by atoms with Crippen molar-refractivity contribution in [3.05, 3.63) is 23.9 Å². The Bertz CT molecular complexity index is 419. The number of ether oxygens (including phenoxy) is 1. The molecule has 0 aromatic carbocycles. The average Bonchev–Trinajstić information content (AvgIpc) is 2.39. The van der Waals surface area contributed by atoms with Crippen molar-refractivity contribution >= 4 is 5.91 Å². The van der Waals surface area contributed by atoms with Crippen molar-refractivity contribution in [1.82, 2.24) is 10.3 Å². The van der Waals surface area contributed by atoms with Crippen LogP contribution in [0.2, 0.25) is 0 Å². The van der Waals surface area contributed by atoms with Gasteiger partial charge in [-0.25, -0.2) is 4.98 Å². The Balaban J connectivity index is 2.53. The number of amides is 1. The van der Waals surface area contributed by atoms with Gasteiger partial charge in [0.1, 0.15) is 5.56 Å². The van der Waals surface area contributed by atoms with E-state index in [0.717, 1.165) is 12.8 Å². The number of rotatable bonds is 8. The summed E-state index contributed by atoms with van der Waals surface area (Å²) in [6.45, 7) is 8.85. The third kappa shape index (κ3) is 5.59. The molecule has 4 heteroatoms. The quantitative estimate of drug-likeness (QED) is 0.792. The second-order valence-corrected chi connectivity index (χ2v) is 5.49. The number of aromatic nitrogens is 1. The van der Waals surface area contributed by atoms with E-state index in [-0.39, 0.29) is 11.9 Å². The summed E-state index contributed by atoms with van der Waals surface area (Å²) in [5.74, 6) is 1.00. The largest absolute Gasteiger partial charge is 0.477 e. The Labute approximate surface area is 121 Å². The fourth-order valence-electron chi connectivity index (χ4n) is 2.02. The molecule has 0 aliphatic rings. The van der Waals surface area contributed by atoms with E-state index in [2.05, 4.69) is 24.1 Å². The van der Waals surface area contributed by atoms with E-state index in [9.17, 15) is 4.79 Å². The first-order chi connectivity index (χ1) is 9.54. The van der Waals surface area contributed by atoms with Gasteiger partial charge in [-0.2, -0.15) is 0 Å². The van der Waals surface area contributed by atoms with Crippen LogP contribution in [-0.2, 0) is 0 Å². The SMILES string of the molecule is CCOc1ncccc1C(=O)NC(C)CCCC(C)C. The van der Waals surface area contributed by atoms with E-state index in [1.54, 1.807) is 18.3 Å². The number of carbonyl (C=O) groups excluding carboxylic acids is 1. The zero-order valence-corrected chi connectivity index (χ0v) is 13.0. The molecule has 1 rings (SSSR count). The van der Waals surface area contributed by atoms with E-state index in [1.807, 2.05) is 13.8 Å². The Morgan fingerprint density at radius 2 is 2.10 bits per heavy atom. The van der Waals surface area contributed by atoms with Gasteiger partial charge in [-0.15, -0.1) is 0 Å². The maximum absolute atomic E-state index is 12.2. The van der Waals surface area contributed by atoms with Gasteiger partial charge in [-0.1, -0.05) is 26.7 Å². The third-order valence-electron chi connectivity index (χ3n) is 3.09. The van der Waals surface area contributed by atoms with Crippen molar-refractivity contribution in [2.45, 2.75) is 53.0 Å². The molecule has 20 heavy (non-hydrogen) atoms. The lowest BCUT2D eigenvalue weighted by Crippen LogP contribution is -2.33. The number of hydrogen-bond donors (Lipinski definition) is 1. The van der Waals surface area contributed by atoms with E-state index < -0.39 is 0 Å². The van der Waals surface area contributed by atoms with E-state index >= 15 is 0 Å². The lowest BCUT2D eigenvalue weighted by atomic mass is 10.0. The van der Waals surface area contributed by atoms with Gasteiger partial charge in [0.15, 0.2) is 0 Å². The maximum Gasteiger partial charge on any atom is 0.256 e. The highest BCUT2D eigenvalue weighted by molar-refractivity contribution is 5.96. The van der Waals surface area contributed by atoms with Gasteiger partial charge in [0.2, 0.25) is 5.88 Å². The fourth-order valence-corrected chi connectivity index (χ4v) is 2.02. The first-order valence-corrected chi connectivity index (χ1v) is 7.43. The molecule has 0 saturated carbocycles. The van der Waals surface area contributed by atoms with Gasteiger partial charge in [0.05, 0.1) is 6.61 Å². The molecule has 112 valence electrons. The normalized spacial score (nSPS) is 12.2. The van der Waals surface area contributed by atoms with E-state index in [4.69, 9.17) is 4.74 Å². The predicted molar refractivity (Wildman–Crippen MR) is 81.0 cm³/mol. The minimum absolute atomic E-state index is 0.112. The summed E-state index contributed by atoms with van der Waals surface area (Å²) in [4.78, 5) is 16.3. The van der Waals surface area contributed by atoms with Crippen LogP contribution >= 0.6 is 0 Å². The summed E-state index contributed by atoms with van der Waals surface area (Å²) in [5, 5.41) is 3.01. The van der Waals surface area contributed by atoms with Crippen LogP contribution < -0.4 is 10.1 Å². The second kappa shape index (κ2) is 8.56. The molecule has 0 spiro atoms. The second-order valence-electron chi connectivity index (χ2n) is 5.49. The molecular weight excluding hydrogens is 252 g/mol. The van der Waals surface area contributed by atoms with Crippen LogP contribution in [0.25, 0.3) is 0 Å². The van der Waals surface area contributed by atoms with Crippen LogP contribution in [0.3, 0.4) is 0 Å². The number of carbonyl (C=O) groups is 1. The Kier molecular flexibility index (Phi) is 7.05. The molecule has 1 aromatic rings. The monoisotopic (exact) mass is 278 g/mol. The molecule has 0 aliphatic heterocycles. The number of nitrogens with zero attached hydrogens (tertiary/aromatic N) is 1. The Morgan fingerprint density at radius 1 is 1.35 bits per heavy atom. The van der Waals surface area contributed by atoms with Gasteiger partial charge in [-0.05, 0) is 38.3 Å². The van der Waals surface area contributed by atoms with Crippen molar-refractivity contribution in [3.8, 4) is 5.88 Å². The lowest BCUT2D eigenvalue weighted by Gasteiger charge is -2.15. The van der Waals surface area contributed by atoms with Crippen LogP contribution in [-0.4, -0.2) is 23.5 Å². The topological polar surface area (TPSA) is 51.2 Å². The molecule has 0 radical (unpaired) electrons. The standard InChI is InChI=1S/C16H26N2O2/c1-5-20-16-14(10-7-11-17-16)15(19)18-13(4)9-6-8-12(2)3/h7,10-13H,5-6,8-9H2,1-4H3,(H,18,19). The third-order valence-corrected chi connectivity index (χ3v) is 3.09. The van der Waals surface area contributed by atoms with Gasteiger partial charge in [0.25, 0.3) is 5.91 Å². The minimum atomic E-state index is -0.112. The van der Waals surface area contributed by atoms with Crippen molar-refractivity contribution in [2.24, 2.45) is 5.92 Å². The van der Waals surface area contributed by atoms with Gasteiger partial charge in [-0.3, -0.25) is 4.79 Å². The molecule has 1 aromatic heterocycles. The zero-order chi connectivity index (χ0) is 15.0. The molecule has 1 amide bonds. The van der Waals surface area contributed by atoms with Gasteiger partial charge >= 0.3 is 0 Å². The number of pyridine rings is 1. The van der Waals surface area contributed by atoms with Crippen LogP contribution in [0.4, 0.5) is 0 Å². The van der Waals surface area contributed by atoms with E-state index in [1.165, 1.54) is 6.42 Å². The molecule has 0 fully saturated rings. The highest BCUT2D eigenvalue weighted by Crippen LogP contribution is 2.15. The summed E-state index contributed by atoms with van der Waals surface area (Å²) < 4.78 is 5.38. The van der Waals surface area contributed by atoms with Crippen LogP contribution in [0.1, 0.15) is 57.3 Å². The Morgan fingerprint density at radius 3 is 2.75 bits per heavy atom. The summed E-state index contributed by atoms with van der Waals surface area (Å²) in [7, 11) is 0. The molecule has 1 N–H and O–H groups in total. The van der Waals surface area contributed by atoms with Crippen LogP contribution in [0.5, 0.6) is 5.88 Å². The lowest BCUT2D eigenvalue weighted by molar-refractivity contribution is 0.0933. The molecular formula is C16H26N2O2. The summed E-state index contributed by atoms with van der Waals surface area (Å²) >= 11 is 0. The van der Waals surface area contributed by atoms with Gasteiger partial charge < -0.3 is 10.1 Å². The molecule has 1 heterocycles.